The van der Waals surface area contributed by atoms with Crippen LogP contribution in [0.5, 0.6) is 0 Å². The maximum Gasteiger partial charge on any atom is 0.124 e. The van der Waals surface area contributed by atoms with Gasteiger partial charge in [-0.15, -0.1) is 34.0 Å². The van der Waals surface area contributed by atoms with E-state index in [0.29, 0.717) is 0 Å². The third-order valence-corrected chi connectivity index (χ3v) is 12.4. The third-order valence-electron chi connectivity index (χ3n) is 9.09. The molecule has 0 aliphatic rings. The molecule has 48 heavy (non-hydrogen) atoms. The van der Waals surface area contributed by atoms with Crippen LogP contribution in [0.15, 0.2) is 158 Å². The molecule has 0 unspecified atom stereocenters. The quantitative estimate of drug-likeness (QED) is 0.182. The Balaban J connectivity index is 1.19. The molecule has 0 amide bonds. The standard InChI is InChI=1S/C43H26N2S3/c1-3-10-27(11-4-1)29-14-9-15-30(24-29)45(32-18-20-34-33-16-7-8-17-36(33)47-40(34)26-32)31-19-21-37-35(25-31)41-38(46-37)22-23-39-42(41)44-43(48-39)28-12-5-2-6-13-28/h1-26H. The van der Waals surface area contributed by atoms with E-state index in [1.54, 1.807) is 11.3 Å². The number of hydrogen-bond acceptors (Lipinski definition) is 5. The smallest absolute Gasteiger partial charge is 0.124 e. The van der Waals surface area contributed by atoms with E-state index < -0.39 is 0 Å². The van der Waals surface area contributed by atoms with Crippen LogP contribution in [0.1, 0.15) is 0 Å². The number of nitrogens with zero attached hydrogens (tertiary/aromatic N) is 2. The van der Waals surface area contributed by atoms with E-state index in [-0.39, 0.29) is 0 Å². The van der Waals surface area contributed by atoms with Crippen LogP contribution >= 0.6 is 34.0 Å². The molecule has 0 N–H and O–H groups in total. The van der Waals surface area contributed by atoms with E-state index in [0.717, 1.165) is 33.1 Å². The van der Waals surface area contributed by atoms with Crippen molar-refractivity contribution in [3.05, 3.63) is 158 Å². The lowest BCUT2D eigenvalue weighted by Gasteiger charge is -2.26. The Morgan fingerprint density at radius 3 is 1.88 bits per heavy atom. The van der Waals surface area contributed by atoms with Crippen molar-refractivity contribution in [1.29, 1.82) is 0 Å². The summed E-state index contributed by atoms with van der Waals surface area (Å²) in [7, 11) is 0. The number of thiazole rings is 1. The van der Waals surface area contributed by atoms with Crippen molar-refractivity contribution in [1.82, 2.24) is 4.98 Å². The zero-order valence-electron chi connectivity index (χ0n) is 25.6. The lowest BCUT2D eigenvalue weighted by atomic mass is 10.0. The van der Waals surface area contributed by atoms with Gasteiger partial charge in [0, 0.05) is 63.0 Å². The first-order valence-corrected chi connectivity index (χ1v) is 18.4. The van der Waals surface area contributed by atoms with Crippen LogP contribution < -0.4 is 4.90 Å². The van der Waals surface area contributed by atoms with Crippen LogP contribution in [-0.2, 0) is 0 Å². The van der Waals surface area contributed by atoms with Crippen molar-refractivity contribution < 1.29 is 0 Å². The number of aromatic nitrogens is 1. The van der Waals surface area contributed by atoms with Gasteiger partial charge in [0.1, 0.15) is 5.01 Å². The average molecular weight is 667 g/mol. The minimum absolute atomic E-state index is 1.06. The zero-order valence-corrected chi connectivity index (χ0v) is 28.1. The molecule has 0 aliphatic heterocycles. The largest absolute Gasteiger partial charge is 0.310 e. The van der Waals surface area contributed by atoms with Crippen molar-refractivity contribution >= 4 is 102 Å². The Kier molecular flexibility index (Phi) is 6.44. The molecule has 3 aromatic heterocycles. The van der Waals surface area contributed by atoms with Gasteiger partial charge in [0.2, 0.25) is 0 Å². The molecular formula is C43H26N2S3. The summed E-state index contributed by atoms with van der Waals surface area (Å²) in [6.07, 6.45) is 0. The summed E-state index contributed by atoms with van der Waals surface area (Å²) in [5.74, 6) is 0. The molecule has 5 heteroatoms. The second-order valence-electron chi connectivity index (χ2n) is 12.0. The molecule has 0 atom stereocenters. The Morgan fingerprint density at radius 2 is 1.00 bits per heavy atom. The monoisotopic (exact) mass is 666 g/mol. The van der Waals surface area contributed by atoms with E-state index in [4.69, 9.17) is 4.98 Å². The number of benzene rings is 7. The van der Waals surface area contributed by atoms with Crippen LogP contribution in [0.3, 0.4) is 0 Å². The first-order valence-electron chi connectivity index (χ1n) is 15.9. The molecule has 0 saturated heterocycles. The first-order chi connectivity index (χ1) is 23.8. The van der Waals surface area contributed by atoms with Crippen molar-refractivity contribution in [2.45, 2.75) is 0 Å². The van der Waals surface area contributed by atoms with E-state index in [9.17, 15) is 0 Å². The fourth-order valence-corrected chi connectivity index (χ4v) is 10.0. The van der Waals surface area contributed by atoms with Gasteiger partial charge in [-0.2, -0.15) is 0 Å². The van der Waals surface area contributed by atoms with Gasteiger partial charge >= 0.3 is 0 Å². The summed E-state index contributed by atoms with van der Waals surface area (Å²) < 4.78 is 6.36. The molecule has 10 rings (SSSR count). The summed E-state index contributed by atoms with van der Waals surface area (Å²) >= 11 is 5.47. The second kappa shape index (κ2) is 11.1. The Morgan fingerprint density at radius 1 is 0.375 bits per heavy atom. The fourth-order valence-electron chi connectivity index (χ4n) is 6.84. The Bertz CT molecular complexity index is 2790. The van der Waals surface area contributed by atoms with Gasteiger partial charge in [0.05, 0.1) is 10.2 Å². The van der Waals surface area contributed by atoms with Gasteiger partial charge in [0.15, 0.2) is 0 Å². The fraction of sp³-hybridized carbons (Fsp3) is 0. The molecule has 0 aliphatic carbocycles. The van der Waals surface area contributed by atoms with Crippen LogP contribution in [0.4, 0.5) is 17.1 Å². The predicted octanol–water partition coefficient (Wildman–Crippen LogP) is 13.8. The van der Waals surface area contributed by atoms with Crippen LogP contribution in [0, 0.1) is 0 Å². The molecule has 226 valence electrons. The summed E-state index contributed by atoms with van der Waals surface area (Å²) in [5, 5.41) is 6.16. The minimum atomic E-state index is 1.06. The average Bonchev–Trinajstić information content (AvgIpc) is 3.85. The van der Waals surface area contributed by atoms with Gasteiger partial charge in [-0.25, -0.2) is 4.98 Å². The summed E-state index contributed by atoms with van der Waals surface area (Å²) in [6, 6.07) is 57.1. The van der Waals surface area contributed by atoms with Gasteiger partial charge < -0.3 is 4.90 Å². The van der Waals surface area contributed by atoms with E-state index >= 15 is 0 Å². The molecule has 10 aromatic rings. The lowest BCUT2D eigenvalue weighted by molar-refractivity contribution is 1.30. The molecule has 0 spiro atoms. The highest BCUT2D eigenvalue weighted by molar-refractivity contribution is 7.26. The highest BCUT2D eigenvalue weighted by Gasteiger charge is 2.19. The Labute approximate surface area is 289 Å². The third kappa shape index (κ3) is 4.54. The maximum atomic E-state index is 5.24. The van der Waals surface area contributed by atoms with Crippen LogP contribution in [0.2, 0.25) is 0 Å². The van der Waals surface area contributed by atoms with Crippen LogP contribution in [-0.4, -0.2) is 4.98 Å². The van der Waals surface area contributed by atoms with Crippen molar-refractivity contribution in [3.8, 4) is 21.7 Å². The van der Waals surface area contributed by atoms with Crippen molar-refractivity contribution in [3.63, 3.8) is 0 Å². The molecular weight excluding hydrogens is 641 g/mol. The minimum Gasteiger partial charge on any atom is -0.310 e. The Hall–Kier alpha value is -5.33. The summed E-state index contributed by atoms with van der Waals surface area (Å²) in [6.45, 7) is 0. The van der Waals surface area contributed by atoms with Crippen LogP contribution in [0.25, 0.3) is 72.3 Å². The van der Waals surface area contributed by atoms with Gasteiger partial charge in [-0.05, 0) is 71.8 Å². The number of fused-ring (bicyclic) bond motifs is 8. The molecule has 0 radical (unpaired) electrons. The number of anilines is 3. The molecule has 3 heterocycles. The predicted molar refractivity (Wildman–Crippen MR) is 211 cm³/mol. The molecule has 7 aromatic carbocycles. The molecule has 0 fully saturated rings. The first kappa shape index (κ1) is 27.8. The number of thiophene rings is 2. The summed E-state index contributed by atoms with van der Waals surface area (Å²) in [5.41, 5.74) is 8.05. The van der Waals surface area contributed by atoms with E-state index in [1.807, 2.05) is 22.7 Å². The molecule has 0 bridgehead atoms. The SMILES string of the molecule is c1ccc(-c2cccc(N(c3ccc4c(c3)sc3ccccc34)c3ccc4sc5ccc6sc(-c7ccccc7)nc6c5c4c3)c2)cc1. The zero-order chi connectivity index (χ0) is 31.6. The second-order valence-corrected chi connectivity index (χ2v) is 15.2. The molecule has 0 saturated carbocycles. The van der Waals surface area contributed by atoms with Crippen molar-refractivity contribution in [2.24, 2.45) is 0 Å². The topological polar surface area (TPSA) is 16.1 Å². The van der Waals surface area contributed by atoms with E-state index in [1.165, 1.54) is 56.2 Å². The molecule has 2 nitrogen and oxygen atoms in total. The number of hydrogen-bond donors (Lipinski definition) is 0. The van der Waals surface area contributed by atoms with Gasteiger partial charge in [0.25, 0.3) is 0 Å². The maximum absolute atomic E-state index is 5.24. The van der Waals surface area contributed by atoms with Gasteiger partial charge in [-0.3, -0.25) is 0 Å². The van der Waals surface area contributed by atoms with Crippen molar-refractivity contribution in [2.75, 3.05) is 4.90 Å². The highest BCUT2D eigenvalue weighted by atomic mass is 32.1. The normalized spacial score (nSPS) is 11.8. The lowest BCUT2D eigenvalue weighted by Crippen LogP contribution is -2.09. The summed E-state index contributed by atoms with van der Waals surface area (Å²) in [4.78, 5) is 7.65. The van der Waals surface area contributed by atoms with E-state index in [2.05, 4.69) is 163 Å². The highest BCUT2D eigenvalue weighted by Crippen LogP contribution is 2.46. The van der Waals surface area contributed by atoms with Gasteiger partial charge in [-0.1, -0.05) is 97.1 Å². The number of rotatable bonds is 5.